The number of benzene rings is 1. The number of para-hydroxylation sites is 1. The van der Waals surface area contributed by atoms with Crippen LogP contribution in [0.15, 0.2) is 18.2 Å². The SMILES string of the molecule is COc1cccc2c1OCC(C)(O)CCC2. The van der Waals surface area contributed by atoms with Crippen molar-refractivity contribution in [3.05, 3.63) is 23.8 Å². The maximum atomic E-state index is 10.0. The van der Waals surface area contributed by atoms with E-state index in [0.29, 0.717) is 6.61 Å². The van der Waals surface area contributed by atoms with E-state index in [-0.39, 0.29) is 0 Å². The first-order valence-corrected chi connectivity index (χ1v) is 5.63. The van der Waals surface area contributed by atoms with Gasteiger partial charge < -0.3 is 14.6 Å². The maximum absolute atomic E-state index is 10.0. The van der Waals surface area contributed by atoms with Gasteiger partial charge in [0, 0.05) is 0 Å². The second kappa shape index (κ2) is 4.34. The van der Waals surface area contributed by atoms with Gasteiger partial charge >= 0.3 is 0 Å². The van der Waals surface area contributed by atoms with E-state index in [1.165, 1.54) is 0 Å². The van der Waals surface area contributed by atoms with Crippen molar-refractivity contribution in [3.63, 3.8) is 0 Å². The Morgan fingerprint density at radius 3 is 3.00 bits per heavy atom. The lowest BCUT2D eigenvalue weighted by atomic mass is 9.96. The predicted octanol–water partition coefficient (Wildman–Crippen LogP) is 2.16. The molecule has 1 aromatic rings. The second-order valence-electron chi connectivity index (χ2n) is 4.59. The van der Waals surface area contributed by atoms with Gasteiger partial charge in [-0.2, -0.15) is 0 Å². The van der Waals surface area contributed by atoms with Crippen LogP contribution in [0.1, 0.15) is 25.3 Å². The Kier molecular flexibility index (Phi) is 3.06. The number of hydrogen-bond acceptors (Lipinski definition) is 3. The summed E-state index contributed by atoms with van der Waals surface area (Å²) in [6.07, 6.45) is 2.66. The van der Waals surface area contributed by atoms with Gasteiger partial charge in [0.2, 0.25) is 0 Å². The molecule has 1 heterocycles. The van der Waals surface area contributed by atoms with Crippen molar-refractivity contribution in [2.45, 2.75) is 31.8 Å². The molecule has 0 bridgehead atoms. The zero-order valence-corrected chi connectivity index (χ0v) is 9.82. The quantitative estimate of drug-likeness (QED) is 0.791. The van der Waals surface area contributed by atoms with Gasteiger partial charge in [-0.15, -0.1) is 0 Å². The van der Waals surface area contributed by atoms with Gasteiger partial charge in [-0.1, -0.05) is 12.1 Å². The number of ether oxygens (including phenoxy) is 2. The lowest BCUT2D eigenvalue weighted by Gasteiger charge is -2.27. The van der Waals surface area contributed by atoms with E-state index >= 15 is 0 Å². The molecule has 16 heavy (non-hydrogen) atoms. The third-order valence-corrected chi connectivity index (χ3v) is 2.97. The summed E-state index contributed by atoms with van der Waals surface area (Å²) in [6, 6.07) is 5.91. The van der Waals surface area contributed by atoms with E-state index in [9.17, 15) is 5.11 Å². The summed E-state index contributed by atoms with van der Waals surface area (Å²) in [5.74, 6) is 1.53. The number of aryl methyl sites for hydroxylation is 1. The Hall–Kier alpha value is -1.22. The molecule has 0 saturated heterocycles. The van der Waals surface area contributed by atoms with E-state index < -0.39 is 5.60 Å². The number of hydrogen-bond donors (Lipinski definition) is 1. The Morgan fingerprint density at radius 1 is 1.44 bits per heavy atom. The molecule has 0 spiro atoms. The molecule has 0 aliphatic carbocycles. The van der Waals surface area contributed by atoms with Crippen LogP contribution < -0.4 is 9.47 Å². The summed E-state index contributed by atoms with van der Waals surface area (Å²) in [5, 5.41) is 10.0. The number of rotatable bonds is 1. The first-order chi connectivity index (χ1) is 7.62. The molecule has 1 N–H and O–H groups in total. The predicted molar refractivity (Wildman–Crippen MR) is 62.1 cm³/mol. The summed E-state index contributed by atoms with van der Waals surface area (Å²) >= 11 is 0. The first-order valence-electron chi connectivity index (χ1n) is 5.63. The highest BCUT2D eigenvalue weighted by molar-refractivity contribution is 5.47. The minimum Gasteiger partial charge on any atom is -0.493 e. The molecule has 0 fully saturated rings. The standard InChI is InChI=1S/C13H18O3/c1-13(14)8-4-6-10-5-3-7-11(15-2)12(10)16-9-13/h3,5,7,14H,4,6,8-9H2,1-2H3. The van der Waals surface area contributed by atoms with E-state index in [1.54, 1.807) is 7.11 Å². The zero-order valence-electron chi connectivity index (χ0n) is 9.82. The Labute approximate surface area is 96.0 Å². The topological polar surface area (TPSA) is 38.7 Å². The molecule has 2 rings (SSSR count). The third kappa shape index (κ3) is 2.30. The highest BCUT2D eigenvalue weighted by Gasteiger charge is 2.25. The molecule has 1 unspecified atom stereocenters. The minimum atomic E-state index is -0.738. The minimum absolute atomic E-state index is 0.320. The van der Waals surface area contributed by atoms with Crippen molar-refractivity contribution in [3.8, 4) is 11.5 Å². The third-order valence-electron chi connectivity index (χ3n) is 2.97. The van der Waals surface area contributed by atoms with E-state index in [4.69, 9.17) is 9.47 Å². The molecule has 3 heteroatoms. The number of aliphatic hydroxyl groups is 1. The molecule has 0 saturated carbocycles. The average Bonchev–Trinajstić information content (AvgIpc) is 2.24. The van der Waals surface area contributed by atoms with E-state index in [1.807, 2.05) is 19.1 Å². The van der Waals surface area contributed by atoms with Gasteiger partial charge in [0.1, 0.15) is 6.61 Å². The van der Waals surface area contributed by atoms with Crippen LogP contribution in [0.4, 0.5) is 0 Å². The summed E-state index contributed by atoms with van der Waals surface area (Å²) in [5.41, 5.74) is 0.424. The van der Waals surface area contributed by atoms with Crippen molar-refractivity contribution in [1.29, 1.82) is 0 Å². The van der Waals surface area contributed by atoms with Gasteiger partial charge in [-0.25, -0.2) is 0 Å². The lowest BCUT2D eigenvalue weighted by Crippen LogP contribution is -2.33. The van der Waals surface area contributed by atoms with Crippen LogP contribution in [0.2, 0.25) is 0 Å². The highest BCUT2D eigenvalue weighted by Crippen LogP contribution is 2.34. The molecule has 0 aromatic heterocycles. The van der Waals surface area contributed by atoms with Crippen molar-refractivity contribution < 1.29 is 14.6 Å². The fourth-order valence-corrected chi connectivity index (χ4v) is 2.04. The van der Waals surface area contributed by atoms with Gasteiger partial charge in [0.05, 0.1) is 12.7 Å². The van der Waals surface area contributed by atoms with E-state index in [2.05, 4.69) is 6.07 Å². The summed E-state index contributed by atoms with van der Waals surface area (Å²) < 4.78 is 11.0. The van der Waals surface area contributed by atoms with Gasteiger partial charge in [-0.3, -0.25) is 0 Å². The van der Waals surface area contributed by atoms with Crippen molar-refractivity contribution >= 4 is 0 Å². The van der Waals surface area contributed by atoms with Crippen LogP contribution in [0.5, 0.6) is 11.5 Å². The molecule has 1 aromatic carbocycles. The van der Waals surface area contributed by atoms with Gasteiger partial charge in [0.25, 0.3) is 0 Å². The maximum Gasteiger partial charge on any atom is 0.164 e. The number of methoxy groups -OCH3 is 1. The molecular weight excluding hydrogens is 204 g/mol. The zero-order chi connectivity index (χ0) is 11.6. The second-order valence-corrected chi connectivity index (χ2v) is 4.59. The molecule has 1 aliphatic heterocycles. The molecule has 0 radical (unpaired) electrons. The smallest absolute Gasteiger partial charge is 0.164 e. The summed E-state index contributed by atoms with van der Waals surface area (Å²) in [6.45, 7) is 2.13. The molecule has 0 amide bonds. The molecule has 1 aliphatic rings. The van der Waals surface area contributed by atoms with Crippen LogP contribution >= 0.6 is 0 Å². The van der Waals surface area contributed by atoms with Crippen LogP contribution in [0.3, 0.4) is 0 Å². The van der Waals surface area contributed by atoms with Crippen LogP contribution in [0, 0.1) is 0 Å². The van der Waals surface area contributed by atoms with Crippen LogP contribution in [0.25, 0.3) is 0 Å². The summed E-state index contributed by atoms with van der Waals surface area (Å²) in [7, 11) is 1.63. The highest BCUT2D eigenvalue weighted by atomic mass is 16.5. The lowest BCUT2D eigenvalue weighted by molar-refractivity contribution is -0.00102. The first kappa shape index (κ1) is 11.3. The Bertz CT molecular complexity index is 371. The molecule has 3 nitrogen and oxygen atoms in total. The van der Waals surface area contributed by atoms with Gasteiger partial charge in [-0.05, 0) is 37.8 Å². The van der Waals surface area contributed by atoms with Crippen LogP contribution in [-0.4, -0.2) is 24.4 Å². The van der Waals surface area contributed by atoms with Gasteiger partial charge in [0.15, 0.2) is 11.5 Å². The normalized spacial score (nSPS) is 24.9. The Morgan fingerprint density at radius 2 is 2.25 bits per heavy atom. The van der Waals surface area contributed by atoms with E-state index in [0.717, 1.165) is 36.3 Å². The van der Waals surface area contributed by atoms with Crippen LogP contribution in [-0.2, 0) is 6.42 Å². The van der Waals surface area contributed by atoms with Crippen molar-refractivity contribution in [2.75, 3.05) is 13.7 Å². The molecular formula is C13H18O3. The average molecular weight is 222 g/mol. The monoisotopic (exact) mass is 222 g/mol. The molecule has 88 valence electrons. The molecule has 1 atom stereocenters. The Balaban J connectivity index is 2.31. The fraction of sp³-hybridized carbons (Fsp3) is 0.538. The van der Waals surface area contributed by atoms with Crippen molar-refractivity contribution in [1.82, 2.24) is 0 Å². The fourth-order valence-electron chi connectivity index (χ4n) is 2.04. The van der Waals surface area contributed by atoms with Crippen molar-refractivity contribution in [2.24, 2.45) is 0 Å². The number of fused-ring (bicyclic) bond motifs is 1. The summed E-state index contributed by atoms with van der Waals surface area (Å²) in [4.78, 5) is 0. The largest absolute Gasteiger partial charge is 0.493 e.